The molecule has 6 nitrogen and oxygen atoms in total. The first-order chi connectivity index (χ1) is 15.0. The molecule has 0 unspecified atom stereocenters. The lowest BCUT2D eigenvalue weighted by atomic mass is 10.1. The third-order valence-corrected chi connectivity index (χ3v) is 5.89. The van der Waals surface area contributed by atoms with Crippen molar-refractivity contribution in [2.24, 2.45) is 0 Å². The van der Waals surface area contributed by atoms with Gasteiger partial charge in [-0.2, -0.15) is 0 Å². The monoisotopic (exact) mass is 458 g/mol. The Balaban J connectivity index is 1.78. The van der Waals surface area contributed by atoms with Gasteiger partial charge in [0.1, 0.15) is 5.82 Å². The van der Waals surface area contributed by atoms with Crippen molar-refractivity contribution < 1.29 is 9.53 Å². The normalized spacial score (nSPS) is 11.0. The molecule has 3 aromatic rings. The highest BCUT2D eigenvalue weighted by molar-refractivity contribution is 7.98. The van der Waals surface area contributed by atoms with Gasteiger partial charge >= 0.3 is 0 Å². The van der Waals surface area contributed by atoms with Crippen LogP contribution >= 0.6 is 23.4 Å². The molecule has 0 bridgehead atoms. The number of thioether (sulfide) groups is 1. The van der Waals surface area contributed by atoms with Crippen LogP contribution in [0.4, 0.5) is 0 Å². The van der Waals surface area contributed by atoms with Gasteiger partial charge in [0.25, 0.3) is 0 Å². The van der Waals surface area contributed by atoms with Gasteiger partial charge in [0.15, 0.2) is 5.16 Å². The van der Waals surface area contributed by atoms with Crippen LogP contribution in [-0.4, -0.2) is 40.9 Å². The molecule has 0 aliphatic rings. The number of methoxy groups -OCH3 is 1. The van der Waals surface area contributed by atoms with Gasteiger partial charge in [-0.05, 0) is 43.7 Å². The summed E-state index contributed by atoms with van der Waals surface area (Å²) in [6, 6.07) is 14.1. The fraction of sp³-hybridized carbons (Fsp3) is 0.348. The van der Waals surface area contributed by atoms with E-state index in [0.717, 1.165) is 22.4 Å². The van der Waals surface area contributed by atoms with E-state index >= 15 is 0 Å². The average Bonchev–Trinajstić information content (AvgIpc) is 3.14. The van der Waals surface area contributed by atoms with Crippen molar-refractivity contribution in [1.29, 1.82) is 0 Å². The lowest BCUT2D eigenvalue weighted by Crippen LogP contribution is -2.27. The Morgan fingerprint density at radius 2 is 1.84 bits per heavy atom. The molecule has 0 saturated heterocycles. The fourth-order valence-corrected chi connectivity index (χ4v) is 4.34. The number of nitrogens with one attached hydrogen (secondary N) is 1. The number of carbonyl (C=O) groups excluding carboxylic acids is 1. The van der Waals surface area contributed by atoms with Gasteiger partial charge in [0, 0.05) is 43.0 Å². The number of aryl methyl sites for hydroxylation is 3. The molecule has 0 atom stereocenters. The molecule has 31 heavy (non-hydrogen) atoms. The number of ether oxygens (including phenoxy) is 1. The number of hydrogen-bond donors (Lipinski definition) is 1. The molecule has 1 N–H and O–H groups in total. The predicted octanol–water partition coefficient (Wildman–Crippen LogP) is 4.53. The van der Waals surface area contributed by atoms with E-state index in [1.54, 1.807) is 18.9 Å². The van der Waals surface area contributed by atoms with Gasteiger partial charge in [-0.3, -0.25) is 9.36 Å². The van der Waals surface area contributed by atoms with E-state index in [1.165, 1.54) is 16.7 Å². The van der Waals surface area contributed by atoms with Crippen molar-refractivity contribution in [3.63, 3.8) is 0 Å². The number of carbonyl (C=O) groups is 1. The van der Waals surface area contributed by atoms with E-state index in [-0.39, 0.29) is 5.91 Å². The van der Waals surface area contributed by atoms with Crippen LogP contribution in [0.1, 0.15) is 28.9 Å². The Labute approximate surface area is 192 Å². The van der Waals surface area contributed by atoms with E-state index in [2.05, 4.69) is 47.6 Å². The Morgan fingerprint density at radius 3 is 2.52 bits per heavy atom. The van der Waals surface area contributed by atoms with Crippen molar-refractivity contribution in [3.05, 3.63) is 70.0 Å². The molecule has 8 heteroatoms. The van der Waals surface area contributed by atoms with Crippen LogP contribution in [0.2, 0.25) is 5.02 Å². The Bertz CT molecular complexity index is 1000. The van der Waals surface area contributed by atoms with E-state index in [9.17, 15) is 4.79 Å². The van der Waals surface area contributed by atoms with Crippen LogP contribution in [0.3, 0.4) is 0 Å². The smallest absolute Gasteiger partial charge is 0.220 e. The maximum Gasteiger partial charge on any atom is 0.220 e. The van der Waals surface area contributed by atoms with Gasteiger partial charge in [-0.1, -0.05) is 52.7 Å². The molecule has 0 radical (unpaired) electrons. The van der Waals surface area contributed by atoms with E-state index in [4.69, 9.17) is 16.3 Å². The third kappa shape index (κ3) is 6.82. The SMILES string of the molecule is COCCNC(=O)CCc1nnc(SCc2cc(C)cc(C)c2)n1-c1ccc(Cl)cc1. The third-order valence-electron chi connectivity index (χ3n) is 4.64. The molecule has 0 spiro atoms. The molecule has 3 rings (SSSR count). The zero-order valence-electron chi connectivity index (χ0n) is 18.0. The Kier molecular flexibility index (Phi) is 8.51. The molecule has 2 aromatic carbocycles. The minimum Gasteiger partial charge on any atom is -0.383 e. The standard InChI is InChI=1S/C23H27ClN4O2S/c1-16-12-17(2)14-18(13-16)15-31-23-27-26-21(8-9-22(29)25-10-11-30-3)28(23)20-6-4-19(24)5-7-20/h4-7,12-14H,8-11,15H2,1-3H3,(H,25,29). The van der Waals surface area contributed by atoms with Crippen LogP contribution in [0.5, 0.6) is 0 Å². The Hall–Kier alpha value is -2.35. The highest BCUT2D eigenvalue weighted by atomic mass is 35.5. The average molecular weight is 459 g/mol. The first-order valence-corrected chi connectivity index (χ1v) is 11.5. The maximum atomic E-state index is 12.1. The lowest BCUT2D eigenvalue weighted by molar-refractivity contribution is -0.121. The van der Waals surface area contributed by atoms with Gasteiger partial charge in [0.05, 0.1) is 6.61 Å². The van der Waals surface area contributed by atoms with Gasteiger partial charge in [-0.15, -0.1) is 10.2 Å². The van der Waals surface area contributed by atoms with Gasteiger partial charge < -0.3 is 10.1 Å². The van der Waals surface area contributed by atoms with Crippen molar-refractivity contribution in [2.45, 2.75) is 37.6 Å². The molecule has 0 fully saturated rings. The minimum atomic E-state index is -0.0351. The first kappa shape index (κ1) is 23.3. The number of nitrogens with zero attached hydrogens (tertiary/aromatic N) is 3. The fourth-order valence-electron chi connectivity index (χ4n) is 3.31. The molecule has 1 heterocycles. The molecule has 1 aromatic heterocycles. The summed E-state index contributed by atoms with van der Waals surface area (Å²) in [5.74, 6) is 1.49. The lowest BCUT2D eigenvalue weighted by Gasteiger charge is -2.11. The largest absolute Gasteiger partial charge is 0.383 e. The summed E-state index contributed by atoms with van der Waals surface area (Å²) in [5, 5.41) is 13.1. The van der Waals surface area contributed by atoms with Crippen molar-refractivity contribution in [2.75, 3.05) is 20.3 Å². The summed E-state index contributed by atoms with van der Waals surface area (Å²) >= 11 is 7.71. The van der Waals surface area contributed by atoms with Crippen LogP contribution in [0.15, 0.2) is 47.6 Å². The highest BCUT2D eigenvalue weighted by Crippen LogP contribution is 2.27. The summed E-state index contributed by atoms with van der Waals surface area (Å²) in [5.41, 5.74) is 4.66. The molecule has 0 aliphatic heterocycles. The maximum absolute atomic E-state index is 12.1. The van der Waals surface area contributed by atoms with E-state index in [0.29, 0.717) is 31.0 Å². The van der Waals surface area contributed by atoms with Crippen molar-refractivity contribution >= 4 is 29.3 Å². The van der Waals surface area contributed by atoms with Crippen LogP contribution in [0, 0.1) is 13.8 Å². The topological polar surface area (TPSA) is 69.0 Å². The molecule has 164 valence electrons. The summed E-state index contributed by atoms with van der Waals surface area (Å²) in [7, 11) is 1.61. The highest BCUT2D eigenvalue weighted by Gasteiger charge is 2.16. The second kappa shape index (κ2) is 11.3. The van der Waals surface area contributed by atoms with E-state index < -0.39 is 0 Å². The predicted molar refractivity (Wildman–Crippen MR) is 125 cm³/mol. The van der Waals surface area contributed by atoms with Gasteiger partial charge in [-0.25, -0.2) is 0 Å². The van der Waals surface area contributed by atoms with Crippen molar-refractivity contribution in [3.8, 4) is 5.69 Å². The molecule has 1 amide bonds. The summed E-state index contributed by atoms with van der Waals surface area (Å²) < 4.78 is 6.97. The Morgan fingerprint density at radius 1 is 1.13 bits per heavy atom. The van der Waals surface area contributed by atoms with E-state index in [1.807, 2.05) is 28.8 Å². The van der Waals surface area contributed by atoms with Crippen LogP contribution in [-0.2, 0) is 21.7 Å². The summed E-state index contributed by atoms with van der Waals surface area (Å²) in [4.78, 5) is 12.1. The summed E-state index contributed by atoms with van der Waals surface area (Å²) in [6.07, 6.45) is 0.815. The number of hydrogen-bond acceptors (Lipinski definition) is 5. The van der Waals surface area contributed by atoms with Crippen LogP contribution in [0.25, 0.3) is 5.69 Å². The quantitative estimate of drug-likeness (QED) is 0.357. The molecular weight excluding hydrogens is 432 g/mol. The number of aromatic nitrogens is 3. The number of rotatable bonds is 10. The first-order valence-electron chi connectivity index (χ1n) is 10.1. The van der Waals surface area contributed by atoms with Crippen LogP contribution < -0.4 is 5.32 Å². The zero-order valence-corrected chi connectivity index (χ0v) is 19.6. The van der Waals surface area contributed by atoms with Gasteiger partial charge in [0.2, 0.25) is 5.91 Å². The minimum absolute atomic E-state index is 0.0351. The summed E-state index contributed by atoms with van der Waals surface area (Å²) in [6.45, 7) is 5.20. The number of benzene rings is 2. The second-order valence-corrected chi connectivity index (χ2v) is 8.72. The zero-order chi connectivity index (χ0) is 22.2. The molecule has 0 saturated carbocycles. The molecular formula is C23H27ClN4O2S. The van der Waals surface area contributed by atoms with Crippen molar-refractivity contribution in [1.82, 2.24) is 20.1 Å². The number of halogens is 1. The second-order valence-electron chi connectivity index (χ2n) is 7.34. The molecule has 0 aliphatic carbocycles. The number of amides is 1.